The summed E-state index contributed by atoms with van der Waals surface area (Å²) in [6.07, 6.45) is 5.80. The number of benzene rings is 2. The highest BCUT2D eigenvalue weighted by Crippen LogP contribution is 2.22. The third kappa shape index (κ3) is 7.06. The Balaban J connectivity index is 1.37. The van der Waals surface area contributed by atoms with E-state index in [0.29, 0.717) is 0 Å². The van der Waals surface area contributed by atoms with Crippen molar-refractivity contribution in [3.8, 4) is 5.75 Å². The van der Waals surface area contributed by atoms with Crippen LogP contribution in [0.3, 0.4) is 0 Å². The summed E-state index contributed by atoms with van der Waals surface area (Å²) in [6.45, 7) is 3.73. The molecule has 0 spiro atoms. The Morgan fingerprint density at radius 1 is 1.07 bits per heavy atom. The van der Waals surface area contributed by atoms with Crippen LogP contribution in [0.1, 0.15) is 36.8 Å². The van der Waals surface area contributed by atoms with Crippen LogP contribution in [0, 0.1) is 5.92 Å². The normalized spacial score (nSPS) is 15.3. The topological polar surface area (TPSA) is 55.6 Å². The molecule has 29 heavy (non-hydrogen) atoms. The zero-order valence-corrected chi connectivity index (χ0v) is 17.7. The van der Waals surface area contributed by atoms with E-state index in [2.05, 4.69) is 29.2 Å². The smallest absolute Gasteiger partial charge is 0.220 e. The molecule has 4 nitrogen and oxygen atoms in total. The van der Waals surface area contributed by atoms with Gasteiger partial charge in [-0.25, -0.2) is 0 Å². The van der Waals surface area contributed by atoms with Crippen molar-refractivity contribution >= 4 is 17.5 Å². The molecule has 0 atom stereocenters. The van der Waals surface area contributed by atoms with Gasteiger partial charge in [0, 0.05) is 10.9 Å². The molecule has 1 aliphatic heterocycles. The predicted octanol–water partition coefficient (Wildman–Crippen LogP) is 4.48. The van der Waals surface area contributed by atoms with E-state index in [9.17, 15) is 4.79 Å². The van der Waals surface area contributed by atoms with Gasteiger partial charge >= 0.3 is 0 Å². The van der Waals surface area contributed by atoms with Crippen LogP contribution < -0.4 is 10.5 Å². The van der Waals surface area contributed by atoms with Gasteiger partial charge in [-0.15, -0.1) is 0 Å². The van der Waals surface area contributed by atoms with Crippen molar-refractivity contribution in [1.29, 1.82) is 0 Å². The minimum Gasteiger partial charge on any atom is -0.493 e. The van der Waals surface area contributed by atoms with E-state index in [0.717, 1.165) is 75.5 Å². The maximum absolute atomic E-state index is 11.2. The summed E-state index contributed by atoms with van der Waals surface area (Å²) >= 11 is 6.08. The number of amides is 1. The number of hydrogen-bond acceptors (Lipinski definition) is 3. The van der Waals surface area contributed by atoms with Gasteiger partial charge in [0.05, 0.1) is 6.61 Å². The van der Waals surface area contributed by atoms with Crippen molar-refractivity contribution < 1.29 is 9.53 Å². The molecule has 1 saturated heterocycles. The SMILES string of the molecule is NC(=O)C1CCN(CCCCOc2ccccc2CCc2cccc(Cl)c2)CC1. The first-order valence-corrected chi connectivity index (χ1v) is 11.0. The quantitative estimate of drug-likeness (QED) is 0.583. The molecule has 0 radical (unpaired) electrons. The van der Waals surface area contributed by atoms with Gasteiger partial charge in [-0.2, -0.15) is 0 Å². The lowest BCUT2D eigenvalue weighted by molar-refractivity contribution is -0.123. The summed E-state index contributed by atoms with van der Waals surface area (Å²) < 4.78 is 6.08. The minimum absolute atomic E-state index is 0.0676. The average Bonchev–Trinajstić information content (AvgIpc) is 2.73. The van der Waals surface area contributed by atoms with E-state index in [1.807, 2.05) is 24.3 Å². The Kier molecular flexibility index (Phi) is 8.38. The second-order valence-electron chi connectivity index (χ2n) is 7.81. The maximum atomic E-state index is 11.2. The second kappa shape index (κ2) is 11.2. The lowest BCUT2D eigenvalue weighted by Gasteiger charge is -2.30. The highest BCUT2D eigenvalue weighted by atomic mass is 35.5. The van der Waals surface area contributed by atoms with E-state index >= 15 is 0 Å². The number of carbonyl (C=O) groups is 1. The van der Waals surface area contributed by atoms with Crippen LogP contribution in [0.2, 0.25) is 5.02 Å². The highest BCUT2D eigenvalue weighted by molar-refractivity contribution is 6.30. The van der Waals surface area contributed by atoms with E-state index in [4.69, 9.17) is 22.1 Å². The van der Waals surface area contributed by atoms with E-state index < -0.39 is 0 Å². The summed E-state index contributed by atoms with van der Waals surface area (Å²) in [4.78, 5) is 13.7. The first-order chi connectivity index (χ1) is 14.1. The molecule has 0 unspecified atom stereocenters. The predicted molar refractivity (Wildman–Crippen MR) is 118 cm³/mol. The first-order valence-electron chi connectivity index (χ1n) is 10.6. The zero-order chi connectivity index (χ0) is 20.5. The zero-order valence-electron chi connectivity index (χ0n) is 17.0. The Morgan fingerprint density at radius 3 is 2.62 bits per heavy atom. The molecule has 2 aromatic carbocycles. The van der Waals surface area contributed by atoms with Gasteiger partial charge in [0.2, 0.25) is 5.91 Å². The summed E-state index contributed by atoms with van der Waals surface area (Å²) in [5.74, 6) is 0.905. The number of rotatable bonds is 10. The number of aryl methyl sites for hydroxylation is 2. The standard InChI is InChI=1S/C24H31ClN2O2/c25-22-8-5-6-19(18-22)10-11-20-7-1-2-9-23(20)29-17-4-3-14-27-15-12-21(13-16-27)24(26)28/h1-2,5-9,18,21H,3-4,10-17H2,(H2,26,28). The van der Waals surface area contributed by atoms with Crippen LogP contribution in [0.15, 0.2) is 48.5 Å². The van der Waals surface area contributed by atoms with Gasteiger partial charge in [-0.05, 0) is 87.5 Å². The largest absolute Gasteiger partial charge is 0.493 e. The van der Waals surface area contributed by atoms with Crippen molar-refractivity contribution in [2.45, 2.75) is 38.5 Å². The van der Waals surface area contributed by atoms with Crippen LogP contribution in [0.5, 0.6) is 5.75 Å². The van der Waals surface area contributed by atoms with Crippen LogP contribution in [0.25, 0.3) is 0 Å². The van der Waals surface area contributed by atoms with Crippen LogP contribution in [-0.2, 0) is 17.6 Å². The van der Waals surface area contributed by atoms with E-state index in [1.54, 1.807) is 0 Å². The Hall–Kier alpha value is -2.04. The molecule has 0 aliphatic carbocycles. The molecule has 1 fully saturated rings. The number of ether oxygens (including phenoxy) is 1. The molecule has 0 saturated carbocycles. The number of unbranched alkanes of at least 4 members (excludes halogenated alkanes) is 1. The van der Waals surface area contributed by atoms with Crippen LogP contribution in [0.4, 0.5) is 0 Å². The Labute approximate surface area is 179 Å². The molecule has 1 amide bonds. The molecule has 2 N–H and O–H groups in total. The molecule has 1 heterocycles. The average molecular weight is 415 g/mol. The first kappa shape index (κ1) is 21.7. The lowest BCUT2D eigenvalue weighted by Crippen LogP contribution is -2.38. The van der Waals surface area contributed by atoms with Gasteiger partial charge in [-0.3, -0.25) is 4.79 Å². The minimum atomic E-state index is -0.146. The molecular weight excluding hydrogens is 384 g/mol. The van der Waals surface area contributed by atoms with Crippen LogP contribution >= 0.6 is 11.6 Å². The van der Waals surface area contributed by atoms with Crippen molar-refractivity contribution in [2.24, 2.45) is 11.7 Å². The van der Waals surface area contributed by atoms with Gasteiger partial charge in [-0.1, -0.05) is 41.9 Å². The number of hydrogen-bond donors (Lipinski definition) is 1. The summed E-state index contributed by atoms with van der Waals surface area (Å²) in [7, 11) is 0. The number of carbonyl (C=O) groups excluding carboxylic acids is 1. The third-order valence-corrected chi connectivity index (χ3v) is 5.90. The van der Waals surface area contributed by atoms with Gasteiger partial charge in [0.25, 0.3) is 0 Å². The number of halogens is 1. The highest BCUT2D eigenvalue weighted by Gasteiger charge is 2.22. The fraction of sp³-hybridized carbons (Fsp3) is 0.458. The number of para-hydroxylation sites is 1. The van der Waals surface area contributed by atoms with Crippen molar-refractivity contribution in [3.05, 3.63) is 64.7 Å². The van der Waals surface area contributed by atoms with Crippen LogP contribution in [-0.4, -0.2) is 37.0 Å². The number of nitrogens with zero attached hydrogens (tertiary/aromatic N) is 1. The Bertz CT molecular complexity index is 788. The summed E-state index contributed by atoms with van der Waals surface area (Å²) in [6, 6.07) is 16.3. The molecule has 5 heteroatoms. The van der Waals surface area contributed by atoms with Gasteiger partial charge < -0.3 is 15.4 Å². The second-order valence-corrected chi connectivity index (χ2v) is 8.25. The molecule has 0 bridgehead atoms. The number of likely N-dealkylation sites (tertiary alicyclic amines) is 1. The fourth-order valence-electron chi connectivity index (χ4n) is 3.88. The van der Waals surface area contributed by atoms with Crippen molar-refractivity contribution in [1.82, 2.24) is 4.90 Å². The van der Waals surface area contributed by atoms with E-state index in [1.165, 1.54) is 11.1 Å². The summed E-state index contributed by atoms with van der Waals surface area (Å²) in [5.41, 5.74) is 7.88. The number of nitrogens with two attached hydrogens (primary N) is 1. The number of piperidine rings is 1. The van der Waals surface area contributed by atoms with Gasteiger partial charge in [0.1, 0.15) is 5.75 Å². The maximum Gasteiger partial charge on any atom is 0.220 e. The fourth-order valence-corrected chi connectivity index (χ4v) is 4.10. The molecule has 2 aromatic rings. The molecule has 1 aliphatic rings. The molecule has 0 aromatic heterocycles. The number of primary amides is 1. The molecule has 3 rings (SSSR count). The molecule has 156 valence electrons. The third-order valence-electron chi connectivity index (χ3n) is 5.66. The Morgan fingerprint density at radius 2 is 1.86 bits per heavy atom. The monoisotopic (exact) mass is 414 g/mol. The summed E-state index contributed by atoms with van der Waals surface area (Å²) in [5, 5.41) is 0.783. The van der Waals surface area contributed by atoms with E-state index in [-0.39, 0.29) is 11.8 Å². The van der Waals surface area contributed by atoms with Gasteiger partial charge in [0.15, 0.2) is 0 Å². The molecular formula is C24H31ClN2O2. The lowest BCUT2D eigenvalue weighted by atomic mass is 9.96. The van der Waals surface area contributed by atoms with Crippen molar-refractivity contribution in [3.63, 3.8) is 0 Å². The van der Waals surface area contributed by atoms with Crippen molar-refractivity contribution in [2.75, 3.05) is 26.2 Å².